The van der Waals surface area contributed by atoms with Gasteiger partial charge in [-0.05, 0) is 49.9 Å². The number of piperidine rings is 1. The molecule has 0 bridgehead atoms. The van der Waals surface area contributed by atoms with Crippen molar-refractivity contribution in [3.8, 4) is 0 Å². The molecule has 0 spiro atoms. The van der Waals surface area contributed by atoms with Crippen LogP contribution < -0.4 is 0 Å². The van der Waals surface area contributed by atoms with Gasteiger partial charge in [0, 0.05) is 19.6 Å². The van der Waals surface area contributed by atoms with Crippen LogP contribution in [0.2, 0.25) is 0 Å². The highest BCUT2D eigenvalue weighted by molar-refractivity contribution is 6.21. The predicted octanol–water partition coefficient (Wildman–Crippen LogP) is 3.05. The van der Waals surface area contributed by atoms with Crippen molar-refractivity contribution in [3.05, 3.63) is 71.3 Å². The molecule has 28 heavy (non-hydrogen) atoms. The van der Waals surface area contributed by atoms with Crippen LogP contribution >= 0.6 is 0 Å². The summed E-state index contributed by atoms with van der Waals surface area (Å²) in [6, 6.07) is 16.9. The van der Waals surface area contributed by atoms with E-state index in [-0.39, 0.29) is 11.8 Å². The third-order valence-corrected chi connectivity index (χ3v) is 5.98. The summed E-state index contributed by atoms with van der Waals surface area (Å²) in [6.07, 6.45) is 3.19. The highest BCUT2D eigenvalue weighted by atomic mass is 16.3. The standard InChI is InChI=1S/C23H26N2O3/c26-21-19-10-4-5-11-20(19)22(27)25(21)15-7-6-14-24-16-12-23(28,13-17-24)18-8-2-1-3-9-18/h1-5,8-11,28H,6-7,12-17H2. The maximum atomic E-state index is 12.4. The Morgan fingerprint density at radius 3 is 1.93 bits per heavy atom. The van der Waals surface area contributed by atoms with Crippen molar-refractivity contribution >= 4 is 11.8 Å². The predicted molar refractivity (Wildman–Crippen MR) is 107 cm³/mol. The van der Waals surface area contributed by atoms with E-state index in [1.54, 1.807) is 24.3 Å². The van der Waals surface area contributed by atoms with Crippen molar-refractivity contribution in [2.45, 2.75) is 31.3 Å². The summed E-state index contributed by atoms with van der Waals surface area (Å²) in [6.45, 7) is 3.11. The summed E-state index contributed by atoms with van der Waals surface area (Å²) in [5, 5.41) is 10.9. The molecule has 2 amide bonds. The maximum absolute atomic E-state index is 12.4. The molecule has 5 heteroatoms. The Hall–Kier alpha value is -2.50. The van der Waals surface area contributed by atoms with E-state index >= 15 is 0 Å². The zero-order valence-electron chi connectivity index (χ0n) is 16.0. The number of hydrogen-bond acceptors (Lipinski definition) is 4. The minimum Gasteiger partial charge on any atom is -0.385 e. The Kier molecular flexibility index (Phi) is 5.29. The number of nitrogens with zero attached hydrogens (tertiary/aromatic N) is 2. The quantitative estimate of drug-likeness (QED) is 0.620. The molecule has 0 unspecified atom stereocenters. The van der Waals surface area contributed by atoms with Crippen LogP contribution in [0.3, 0.4) is 0 Å². The number of amides is 2. The van der Waals surface area contributed by atoms with Crippen molar-refractivity contribution in [2.75, 3.05) is 26.2 Å². The zero-order valence-corrected chi connectivity index (χ0v) is 16.0. The van der Waals surface area contributed by atoms with Gasteiger partial charge in [0.15, 0.2) is 0 Å². The molecule has 0 aliphatic carbocycles. The van der Waals surface area contributed by atoms with Crippen LogP contribution in [-0.2, 0) is 5.60 Å². The average molecular weight is 378 g/mol. The first-order valence-electron chi connectivity index (χ1n) is 10.0. The van der Waals surface area contributed by atoms with Gasteiger partial charge >= 0.3 is 0 Å². The molecule has 2 heterocycles. The number of carbonyl (C=O) groups excluding carboxylic acids is 2. The second kappa shape index (κ2) is 7.86. The van der Waals surface area contributed by atoms with Crippen LogP contribution in [0.4, 0.5) is 0 Å². The summed E-state index contributed by atoms with van der Waals surface area (Å²) in [5.41, 5.74) is 1.31. The van der Waals surface area contributed by atoms with Crippen molar-refractivity contribution < 1.29 is 14.7 Å². The van der Waals surface area contributed by atoms with Gasteiger partial charge in [-0.3, -0.25) is 14.5 Å². The molecule has 0 aromatic heterocycles. The smallest absolute Gasteiger partial charge is 0.261 e. The summed E-state index contributed by atoms with van der Waals surface area (Å²) in [7, 11) is 0. The van der Waals surface area contributed by atoms with Gasteiger partial charge in [0.1, 0.15) is 0 Å². The van der Waals surface area contributed by atoms with E-state index in [9.17, 15) is 14.7 Å². The monoisotopic (exact) mass is 378 g/mol. The molecule has 2 aromatic rings. The molecular formula is C23H26N2O3. The molecule has 2 aliphatic rings. The number of aliphatic hydroxyl groups is 1. The van der Waals surface area contributed by atoms with Gasteiger partial charge in [0.25, 0.3) is 11.8 Å². The van der Waals surface area contributed by atoms with Crippen LogP contribution in [-0.4, -0.2) is 52.9 Å². The number of imide groups is 1. The minimum absolute atomic E-state index is 0.175. The number of benzene rings is 2. The van der Waals surface area contributed by atoms with Crippen molar-refractivity contribution in [1.82, 2.24) is 9.80 Å². The van der Waals surface area contributed by atoms with E-state index in [4.69, 9.17) is 0 Å². The first-order valence-corrected chi connectivity index (χ1v) is 10.0. The normalized spacial score (nSPS) is 19.1. The number of carbonyl (C=O) groups is 2. The number of hydrogen-bond donors (Lipinski definition) is 1. The fourth-order valence-corrected chi connectivity index (χ4v) is 4.23. The van der Waals surface area contributed by atoms with Gasteiger partial charge in [0.2, 0.25) is 0 Å². The van der Waals surface area contributed by atoms with Gasteiger partial charge in [-0.2, -0.15) is 0 Å². The molecule has 2 aromatic carbocycles. The Morgan fingerprint density at radius 1 is 0.786 bits per heavy atom. The molecule has 1 saturated heterocycles. The lowest BCUT2D eigenvalue weighted by molar-refractivity contribution is -0.0261. The lowest BCUT2D eigenvalue weighted by atomic mass is 9.84. The second-order valence-electron chi connectivity index (χ2n) is 7.75. The van der Waals surface area contributed by atoms with Crippen LogP contribution in [0.15, 0.2) is 54.6 Å². The topological polar surface area (TPSA) is 60.9 Å². The molecule has 146 valence electrons. The largest absolute Gasteiger partial charge is 0.385 e. The molecule has 5 nitrogen and oxygen atoms in total. The van der Waals surface area contributed by atoms with Crippen molar-refractivity contribution in [2.24, 2.45) is 0 Å². The highest BCUT2D eigenvalue weighted by Gasteiger charge is 2.35. The third kappa shape index (κ3) is 3.60. The van der Waals surface area contributed by atoms with Gasteiger partial charge < -0.3 is 10.0 Å². The minimum atomic E-state index is -0.724. The first kappa shape index (κ1) is 18.8. The zero-order chi connectivity index (χ0) is 19.6. The molecule has 0 radical (unpaired) electrons. The molecular weight excluding hydrogens is 352 g/mol. The SMILES string of the molecule is O=C1c2ccccc2C(=O)N1CCCCN1CCC(O)(c2ccccc2)CC1. The fraction of sp³-hybridized carbons (Fsp3) is 0.391. The van der Waals surface area contributed by atoms with Gasteiger partial charge in [-0.15, -0.1) is 0 Å². The summed E-state index contributed by atoms with van der Waals surface area (Å²) >= 11 is 0. The molecule has 0 saturated carbocycles. The van der Waals surface area contributed by atoms with Crippen LogP contribution in [0.1, 0.15) is 52.0 Å². The number of fused-ring (bicyclic) bond motifs is 1. The fourth-order valence-electron chi connectivity index (χ4n) is 4.23. The number of likely N-dealkylation sites (tertiary alicyclic amines) is 1. The van der Waals surface area contributed by atoms with Crippen LogP contribution in [0.5, 0.6) is 0 Å². The first-order chi connectivity index (χ1) is 13.6. The van der Waals surface area contributed by atoms with E-state index in [2.05, 4.69) is 4.90 Å². The summed E-state index contributed by atoms with van der Waals surface area (Å²) in [4.78, 5) is 28.5. The van der Waals surface area contributed by atoms with E-state index < -0.39 is 5.60 Å². The Morgan fingerprint density at radius 2 is 1.32 bits per heavy atom. The van der Waals surface area contributed by atoms with E-state index in [1.165, 1.54) is 4.90 Å². The van der Waals surface area contributed by atoms with E-state index in [1.807, 2.05) is 30.3 Å². The molecule has 2 aliphatic heterocycles. The Bertz CT molecular complexity index is 822. The second-order valence-corrected chi connectivity index (χ2v) is 7.75. The van der Waals surface area contributed by atoms with Crippen molar-refractivity contribution in [3.63, 3.8) is 0 Å². The molecule has 1 N–H and O–H groups in total. The van der Waals surface area contributed by atoms with Crippen LogP contribution in [0.25, 0.3) is 0 Å². The maximum Gasteiger partial charge on any atom is 0.261 e. The van der Waals surface area contributed by atoms with Gasteiger partial charge in [0.05, 0.1) is 16.7 Å². The Balaban J connectivity index is 1.22. The van der Waals surface area contributed by atoms with Crippen LogP contribution in [0, 0.1) is 0 Å². The van der Waals surface area contributed by atoms with E-state index in [0.717, 1.165) is 50.9 Å². The summed E-state index contributed by atoms with van der Waals surface area (Å²) < 4.78 is 0. The lowest BCUT2D eigenvalue weighted by Gasteiger charge is -2.38. The number of rotatable bonds is 6. The Labute approximate surface area is 165 Å². The van der Waals surface area contributed by atoms with Gasteiger partial charge in [-0.25, -0.2) is 0 Å². The average Bonchev–Trinajstić information content (AvgIpc) is 2.98. The molecule has 0 atom stereocenters. The van der Waals surface area contributed by atoms with E-state index in [0.29, 0.717) is 17.7 Å². The summed E-state index contributed by atoms with van der Waals surface area (Å²) in [5.74, 6) is -0.349. The number of unbranched alkanes of at least 4 members (excludes halogenated alkanes) is 1. The molecule has 4 rings (SSSR count). The lowest BCUT2D eigenvalue weighted by Crippen LogP contribution is -2.43. The molecule has 1 fully saturated rings. The third-order valence-electron chi connectivity index (χ3n) is 5.98. The highest BCUT2D eigenvalue weighted by Crippen LogP contribution is 2.32. The van der Waals surface area contributed by atoms with Gasteiger partial charge in [-0.1, -0.05) is 42.5 Å². The van der Waals surface area contributed by atoms with Crippen molar-refractivity contribution in [1.29, 1.82) is 0 Å².